The lowest BCUT2D eigenvalue weighted by atomic mass is 10.2. The average molecular weight is 254 g/mol. The van der Waals surface area contributed by atoms with E-state index in [1.54, 1.807) is 12.1 Å². The van der Waals surface area contributed by atoms with Crippen LogP contribution in [0.25, 0.3) is 0 Å². The summed E-state index contributed by atoms with van der Waals surface area (Å²) >= 11 is 10.2. The lowest BCUT2D eigenvalue weighted by Gasteiger charge is -2.27. The second kappa shape index (κ2) is 5.09. The van der Waals surface area contributed by atoms with Crippen molar-refractivity contribution in [3.8, 4) is 0 Å². The fourth-order valence-electron chi connectivity index (χ4n) is 1.14. The summed E-state index contributed by atoms with van der Waals surface area (Å²) in [5.74, 6) is -0.430. The highest BCUT2D eigenvalue weighted by molar-refractivity contribution is 7.62. The first-order valence-corrected chi connectivity index (χ1v) is 5.29. The van der Waals surface area contributed by atoms with Crippen LogP contribution in [0.2, 0.25) is 0 Å². The van der Waals surface area contributed by atoms with Gasteiger partial charge in [-0.05, 0) is 12.1 Å². The average Bonchev–Trinajstić information content (AvgIpc) is 2.16. The smallest absolute Gasteiger partial charge is 0.221 e. The highest BCUT2D eigenvalue weighted by Gasteiger charge is 2.00. The predicted octanol–water partition coefficient (Wildman–Crippen LogP) is 1.41. The Hall–Kier alpha value is -1.40. The second-order valence-corrected chi connectivity index (χ2v) is 4.00. The van der Waals surface area contributed by atoms with Gasteiger partial charge in [-0.3, -0.25) is 9.59 Å². The Balaban J connectivity index is 3.07. The van der Waals surface area contributed by atoms with Crippen molar-refractivity contribution in [1.82, 2.24) is 0 Å². The minimum absolute atomic E-state index is 0.215. The quantitative estimate of drug-likeness (QED) is 0.784. The third-order valence-corrected chi connectivity index (χ3v) is 2.71. The maximum atomic E-state index is 10.9. The third kappa shape index (κ3) is 3.04. The maximum Gasteiger partial charge on any atom is 0.221 e. The lowest BCUT2D eigenvalue weighted by molar-refractivity contribution is -0.115. The summed E-state index contributed by atoms with van der Waals surface area (Å²) in [6.07, 6.45) is 0. The first kappa shape index (κ1) is 12.7. The van der Waals surface area contributed by atoms with E-state index < -0.39 is 0 Å². The van der Waals surface area contributed by atoms with Crippen LogP contribution in [-0.4, -0.2) is 11.8 Å². The second-order valence-electron chi connectivity index (χ2n) is 3.18. The Kier molecular flexibility index (Phi) is 4.03. The zero-order valence-electron chi connectivity index (χ0n) is 8.79. The Morgan fingerprint density at radius 1 is 0.938 bits per heavy atom. The monoisotopic (exact) mass is 254 g/mol. The van der Waals surface area contributed by atoms with Gasteiger partial charge in [0.15, 0.2) is 0 Å². The molecule has 0 aliphatic rings. The van der Waals surface area contributed by atoms with E-state index in [9.17, 15) is 9.59 Å². The minimum atomic E-state index is -0.215. The maximum absolute atomic E-state index is 10.9. The van der Waals surface area contributed by atoms with Gasteiger partial charge in [-0.2, -0.15) is 9.79 Å². The normalized spacial score (nSPS) is 9.62. The van der Waals surface area contributed by atoms with Crippen LogP contribution < -0.4 is 10.6 Å². The van der Waals surface area contributed by atoms with Crippen molar-refractivity contribution < 1.29 is 9.59 Å². The molecule has 4 nitrogen and oxygen atoms in total. The Bertz CT molecular complexity index is 406. The van der Waals surface area contributed by atoms with Gasteiger partial charge >= 0.3 is 0 Å². The van der Waals surface area contributed by atoms with Crippen LogP contribution in [0.15, 0.2) is 21.9 Å². The number of nitrogens with one attached hydrogen (secondary N) is 2. The van der Waals surface area contributed by atoms with Crippen LogP contribution in [0.4, 0.5) is 11.4 Å². The summed E-state index contributed by atoms with van der Waals surface area (Å²) < 4.78 is 0. The predicted molar refractivity (Wildman–Crippen MR) is 66.3 cm³/mol. The first-order valence-electron chi connectivity index (χ1n) is 4.48. The van der Waals surface area contributed by atoms with Crippen LogP contribution in [0.1, 0.15) is 13.8 Å². The first-order chi connectivity index (χ1) is 7.41. The van der Waals surface area contributed by atoms with Crippen molar-refractivity contribution in [1.29, 1.82) is 0 Å². The summed E-state index contributed by atoms with van der Waals surface area (Å²) in [4.78, 5) is 22.5. The molecule has 2 amide bonds. The molecule has 0 heterocycles. The van der Waals surface area contributed by atoms with E-state index in [1.165, 1.54) is 13.8 Å². The van der Waals surface area contributed by atoms with E-state index in [4.69, 9.17) is 25.3 Å². The Labute approximate surface area is 105 Å². The fraction of sp³-hybridized carbons (Fsp3) is 0.200. The molecule has 0 aliphatic carbocycles. The highest BCUT2D eigenvalue weighted by Crippen LogP contribution is 2.26. The molecule has 0 saturated carbocycles. The highest BCUT2D eigenvalue weighted by atomic mass is 32.1. The van der Waals surface area contributed by atoms with Crippen LogP contribution >= 0.6 is 0 Å². The number of hydrogen-bond acceptors (Lipinski definition) is 4. The van der Waals surface area contributed by atoms with Crippen LogP contribution in [0.5, 0.6) is 0 Å². The van der Waals surface area contributed by atoms with Crippen molar-refractivity contribution in [2.24, 2.45) is 0 Å². The van der Waals surface area contributed by atoms with Crippen LogP contribution in [-0.2, 0) is 34.8 Å². The summed E-state index contributed by atoms with van der Waals surface area (Å²) in [5, 5.41) is 5.14. The molecule has 6 heteroatoms. The number of carbonyl (C=O) groups is 2. The lowest BCUT2D eigenvalue weighted by Crippen LogP contribution is -2.10. The van der Waals surface area contributed by atoms with Gasteiger partial charge in [0, 0.05) is 25.2 Å². The number of amides is 2. The van der Waals surface area contributed by atoms with Gasteiger partial charge in [0.25, 0.3) is 0 Å². The molecule has 1 rings (SSSR count). The van der Waals surface area contributed by atoms with E-state index in [0.717, 1.165) is 0 Å². The minimum Gasteiger partial charge on any atom is -0.779 e. The number of carbonyl (C=O) groups excluding carboxylic acids is 2. The molecule has 0 spiro atoms. The van der Waals surface area contributed by atoms with Crippen molar-refractivity contribution in [2.45, 2.75) is 23.6 Å². The Morgan fingerprint density at radius 3 is 1.50 bits per heavy atom. The topological polar surface area (TPSA) is 58.2 Å². The van der Waals surface area contributed by atoms with Crippen LogP contribution in [0, 0.1) is 0 Å². The van der Waals surface area contributed by atoms with E-state index in [0.29, 0.717) is 21.2 Å². The molecule has 1 aromatic carbocycles. The van der Waals surface area contributed by atoms with Crippen molar-refractivity contribution in [2.75, 3.05) is 10.6 Å². The molecule has 1 aromatic rings. The van der Waals surface area contributed by atoms with Crippen LogP contribution in [0.3, 0.4) is 0 Å². The molecule has 16 heavy (non-hydrogen) atoms. The van der Waals surface area contributed by atoms with Gasteiger partial charge in [-0.15, -0.1) is 0 Å². The molecule has 0 saturated heterocycles. The van der Waals surface area contributed by atoms with Gasteiger partial charge in [-0.25, -0.2) is 0 Å². The van der Waals surface area contributed by atoms with Gasteiger partial charge in [-0.1, -0.05) is 0 Å². The largest absolute Gasteiger partial charge is 0.779 e. The van der Waals surface area contributed by atoms with Crippen molar-refractivity contribution >= 4 is 48.4 Å². The molecule has 0 aliphatic heterocycles. The molecule has 0 radical (unpaired) electrons. The molecule has 0 atom stereocenters. The molecule has 2 N–H and O–H groups in total. The van der Waals surface area contributed by atoms with E-state index >= 15 is 0 Å². The Morgan fingerprint density at radius 2 is 1.25 bits per heavy atom. The molecular formula is C10H10N2O2S2-2. The van der Waals surface area contributed by atoms with Gasteiger partial charge in [0.1, 0.15) is 0 Å². The van der Waals surface area contributed by atoms with Gasteiger partial charge in [0.05, 0.1) is 0 Å². The molecule has 86 valence electrons. The van der Waals surface area contributed by atoms with Gasteiger partial charge < -0.3 is 35.9 Å². The molecule has 0 aromatic heterocycles. The summed E-state index contributed by atoms with van der Waals surface area (Å²) in [6, 6.07) is 3.23. The number of benzene rings is 1. The zero-order chi connectivity index (χ0) is 12.3. The van der Waals surface area contributed by atoms with E-state index in [1.807, 2.05) is 0 Å². The van der Waals surface area contributed by atoms with Crippen molar-refractivity contribution in [3.05, 3.63) is 12.1 Å². The number of rotatable bonds is 2. The third-order valence-electron chi connectivity index (χ3n) is 1.73. The standard InChI is InChI=1S/C10H12N2O2S2/c1-5(13)11-7-3-4-8(12-6(2)14)10(16)9(7)15/h3-4,15-16H,1-2H3,(H,11,13)(H,12,14)/p-2. The van der Waals surface area contributed by atoms with E-state index in [-0.39, 0.29) is 11.8 Å². The van der Waals surface area contributed by atoms with Gasteiger partial charge in [0.2, 0.25) is 11.8 Å². The molecule has 0 bridgehead atoms. The number of hydrogen-bond donors (Lipinski definition) is 2. The fourth-order valence-corrected chi connectivity index (χ4v) is 1.60. The van der Waals surface area contributed by atoms with Crippen molar-refractivity contribution in [3.63, 3.8) is 0 Å². The molecular weight excluding hydrogens is 244 g/mol. The summed E-state index contributed by atoms with van der Waals surface area (Å²) in [7, 11) is 0. The SMILES string of the molecule is CC(=O)Nc1ccc(NC(C)=O)c([S-])c1[S-]. The zero-order valence-corrected chi connectivity index (χ0v) is 10.4. The number of anilines is 2. The summed E-state index contributed by atoms with van der Waals surface area (Å²) in [6.45, 7) is 2.78. The molecule has 0 fully saturated rings. The molecule has 0 unspecified atom stereocenters. The van der Waals surface area contributed by atoms with E-state index in [2.05, 4.69) is 10.6 Å². The summed E-state index contributed by atoms with van der Waals surface area (Å²) in [5.41, 5.74) is 0.975.